The lowest BCUT2D eigenvalue weighted by molar-refractivity contribution is -0.160. The third-order valence-electron chi connectivity index (χ3n) is 2.69. The molecule has 7 heteroatoms. The topological polar surface area (TPSA) is 32.8 Å². The van der Waals surface area contributed by atoms with E-state index < -0.39 is 18.6 Å². The van der Waals surface area contributed by atoms with E-state index in [2.05, 4.69) is 0 Å². The summed E-state index contributed by atoms with van der Waals surface area (Å²) in [6.45, 7) is 2.29. The number of hydrogen-bond donors (Lipinski definition) is 0. The highest BCUT2D eigenvalue weighted by Gasteiger charge is 2.32. The Morgan fingerprint density at radius 3 is 2.71 bits per heavy atom. The fraction of sp³-hybridized carbons (Fsp3) is 0.900. The Morgan fingerprint density at radius 1 is 1.53 bits per heavy atom. The smallest absolute Gasteiger partial charge is 0.379 e. The Hall–Kier alpha value is -0.820. The highest BCUT2D eigenvalue weighted by molar-refractivity contribution is 5.78. The molecule has 1 atom stereocenters. The van der Waals surface area contributed by atoms with Crippen LogP contribution in [0.2, 0.25) is 0 Å². The van der Waals surface area contributed by atoms with Crippen molar-refractivity contribution < 1.29 is 22.7 Å². The minimum atomic E-state index is -4.35. The van der Waals surface area contributed by atoms with Crippen molar-refractivity contribution in [2.45, 2.75) is 19.1 Å². The molecule has 1 aliphatic rings. The van der Waals surface area contributed by atoms with Gasteiger partial charge in [-0.2, -0.15) is 13.2 Å². The minimum Gasteiger partial charge on any atom is -0.379 e. The molecule has 0 aromatic rings. The van der Waals surface area contributed by atoms with Gasteiger partial charge in [-0.3, -0.25) is 9.69 Å². The summed E-state index contributed by atoms with van der Waals surface area (Å²) in [6, 6.07) is 0.0620. The molecular formula is C10H17F3N2O2. The molecule has 0 bridgehead atoms. The van der Waals surface area contributed by atoms with Gasteiger partial charge in [-0.25, -0.2) is 0 Å². The maximum atomic E-state index is 12.1. The van der Waals surface area contributed by atoms with Gasteiger partial charge in [0.25, 0.3) is 0 Å². The summed E-state index contributed by atoms with van der Waals surface area (Å²) in [6.07, 6.45) is -4.35. The molecule has 0 radical (unpaired) electrons. The van der Waals surface area contributed by atoms with Crippen LogP contribution >= 0.6 is 0 Å². The highest BCUT2D eigenvalue weighted by atomic mass is 19.4. The normalized spacial score (nSPS) is 22.5. The first-order valence-corrected chi connectivity index (χ1v) is 5.42. The number of ether oxygens (including phenoxy) is 1. The Balaban J connectivity index is 2.42. The van der Waals surface area contributed by atoms with E-state index in [0.29, 0.717) is 24.7 Å². The van der Waals surface area contributed by atoms with Crippen molar-refractivity contribution in [1.82, 2.24) is 9.80 Å². The monoisotopic (exact) mass is 254 g/mol. The van der Waals surface area contributed by atoms with Crippen LogP contribution in [-0.4, -0.2) is 67.8 Å². The molecule has 0 aromatic heterocycles. The van der Waals surface area contributed by atoms with E-state index in [1.54, 1.807) is 0 Å². The zero-order valence-electron chi connectivity index (χ0n) is 9.96. The summed E-state index contributed by atoms with van der Waals surface area (Å²) >= 11 is 0. The third-order valence-corrected chi connectivity index (χ3v) is 2.69. The lowest BCUT2D eigenvalue weighted by Gasteiger charge is -2.33. The number of rotatable bonds is 3. The van der Waals surface area contributed by atoms with Gasteiger partial charge in [-0.05, 0) is 6.92 Å². The van der Waals surface area contributed by atoms with Gasteiger partial charge in [-0.1, -0.05) is 0 Å². The second-order valence-electron chi connectivity index (χ2n) is 4.26. The van der Waals surface area contributed by atoms with Gasteiger partial charge in [0, 0.05) is 19.6 Å². The van der Waals surface area contributed by atoms with Crippen molar-refractivity contribution in [3.8, 4) is 0 Å². The Labute approximate surface area is 98.3 Å². The number of amides is 1. The van der Waals surface area contributed by atoms with Gasteiger partial charge in [-0.15, -0.1) is 0 Å². The fourth-order valence-corrected chi connectivity index (χ4v) is 1.65. The van der Waals surface area contributed by atoms with E-state index in [-0.39, 0.29) is 12.6 Å². The van der Waals surface area contributed by atoms with Crippen molar-refractivity contribution in [2.24, 2.45) is 0 Å². The summed E-state index contributed by atoms with van der Waals surface area (Å²) in [5.74, 6) is -0.518. The standard InChI is InChI=1S/C10H17F3N2O2/c1-8-6-17-4-3-15(8)5-9(16)14(2)7-10(11,12)13/h8H,3-7H2,1-2H3. The molecule has 1 aliphatic heterocycles. The van der Waals surface area contributed by atoms with Crippen molar-refractivity contribution in [3.05, 3.63) is 0 Å². The Bertz CT molecular complexity index is 271. The molecule has 0 aliphatic carbocycles. The molecule has 1 rings (SSSR count). The van der Waals surface area contributed by atoms with Gasteiger partial charge < -0.3 is 9.64 Å². The summed E-state index contributed by atoms with van der Waals surface area (Å²) < 4.78 is 41.5. The molecule has 1 fully saturated rings. The van der Waals surface area contributed by atoms with Crippen LogP contribution in [-0.2, 0) is 9.53 Å². The summed E-state index contributed by atoms with van der Waals surface area (Å²) in [5, 5.41) is 0. The van der Waals surface area contributed by atoms with Crippen LogP contribution in [0.5, 0.6) is 0 Å². The predicted molar refractivity (Wildman–Crippen MR) is 55.5 cm³/mol. The molecule has 4 nitrogen and oxygen atoms in total. The van der Waals surface area contributed by atoms with Gasteiger partial charge in [0.15, 0.2) is 0 Å². The Morgan fingerprint density at radius 2 is 2.18 bits per heavy atom. The maximum absolute atomic E-state index is 12.1. The minimum absolute atomic E-state index is 0.0110. The lowest BCUT2D eigenvalue weighted by Crippen LogP contribution is -2.49. The van der Waals surface area contributed by atoms with Crippen molar-refractivity contribution >= 4 is 5.91 Å². The van der Waals surface area contributed by atoms with Gasteiger partial charge in [0.05, 0.1) is 19.8 Å². The van der Waals surface area contributed by atoms with E-state index in [0.717, 1.165) is 0 Å². The number of carbonyl (C=O) groups is 1. The van der Waals surface area contributed by atoms with Crippen molar-refractivity contribution in [3.63, 3.8) is 0 Å². The number of hydrogen-bond acceptors (Lipinski definition) is 3. The van der Waals surface area contributed by atoms with Crippen LogP contribution in [0.3, 0.4) is 0 Å². The van der Waals surface area contributed by atoms with Gasteiger partial charge in [0.2, 0.25) is 5.91 Å². The molecule has 0 N–H and O–H groups in total. The first-order valence-electron chi connectivity index (χ1n) is 5.42. The molecule has 17 heavy (non-hydrogen) atoms. The summed E-state index contributed by atoms with van der Waals surface area (Å²) in [7, 11) is 1.17. The van der Waals surface area contributed by atoms with Crippen molar-refractivity contribution in [2.75, 3.05) is 39.9 Å². The number of alkyl halides is 3. The molecular weight excluding hydrogens is 237 g/mol. The molecule has 1 saturated heterocycles. The van der Waals surface area contributed by atoms with Crippen molar-refractivity contribution in [1.29, 1.82) is 0 Å². The van der Waals surface area contributed by atoms with Crippen LogP contribution < -0.4 is 0 Å². The van der Waals surface area contributed by atoms with Crippen LogP contribution in [0.4, 0.5) is 13.2 Å². The van der Waals surface area contributed by atoms with E-state index in [4.69, 9.17) is 4.74 Å². The first kappa shape index (κ1) is 14.2. The molecule has 1 heterocycles. The van der Waals surface area contributed by atoms with Crippen LogP contribution in [0.1, 0.15) is 6.92 Å². The molecule has 0 aromatic carbocycles. The van der Waals surface area contributed by atoms with E-state index >= 15 is 0 Å². The molecule has 100 valence electrons. The average molecular weight is 254 g/mol. The molecule has 1 unspecified atom stereocenters. The second kappa shape index (κ2) is 5.68. The van der Waals surface area contributed by atoms with E-state index in [9.17, 15) is 18.0 Å². The van der Waals surface area contributed by atoms with Crippen LogP contribution in [0.25, 0.3) is 0 Å². The molecule has 1 amide bonds. The number of likely N-dealkylation sites (N-methyl/N-ethyl adjacent to an activating group) is 1. The lowest BCUT2D eigenvalue weighted by atomic mass is 10.2. The Kier molecular flexibility index (Phi) is 4.76. The predicted octanol–water partition coefficient (Wildman–Crippen LogP) is 0.728. The third kappa shape index (κ3) is 4.91. The van der Waals surface area contributed by atoms with E-state index in [1.165, 1.54) is 7.05 Å². The highest BCUT2D eigenvalue weighted by Crippen LogP contribution is 2.16. The number of morpholine rings is 1. The largest absolute Gasteiger partial charge is 0.406 e. The van der Waals surface area contributed by atoms with Crippen LogP contribution in [0, 0.1) is 0 Å². The van der Waals surface area contributed by atoms with Gasteiger partial charge >= 0.3 is 6.18 Å². The van der Waals surface area contributed by atoms with E-state index in [1.807, 2.05) is 11.8 Å². The second-order valence-corrected chi connectivity index (χ2v) is 4.26. The zero-order valence-corrected chi connectivity index (χ0v) is 9.96. The summed E-state index contributed by atoms with van der Waals surface area (Å²) in [4.78, 5) is 14.1. The van der Waals surface area contributed by atoms with Crippen LogP contribution in [0.15, 0.2) is 0 Å². The fourth-order valence-electron chi connectivity index (χ4n) is 1.65. The number of carbonyl (C=O) groups excluding carboxylic acids is 1. The SMILES string of the molecule is CC1COCCN1CC(=O)N(C)CC(F)(F)F. The summed E-state index contributed by atoms with van der Waals surface area (Å²) in [5.41, 5.74) is 0. The number of halogens is 3. The average Bonchev–Trinajstić information content (AvgIpc) is 2.18. The quantitative estimate of drug-likeness (QED) is 0.744. The number of nitrogens with zero attached hydrogens (tertiary/aromatic N) is 2. The maximum Gasteiger partial charge on any atom is 0.406 e. The zero-order chi connectivity index (χ0) is 13.1. The van der Waals surface area contributed by atoms with Gasteiger partial charge in [0.1, 0.15) is 6.54 Å². The molecule has 0 spiro atoms. The first-order chi connectivity index (χ1) is 7.79. The molecule has 0 saturated carbocycles.